The lowest BCUT2D eigenvalue weighted by Gasteiger charge is -2.22. The van der Waals surface area contributed by atoms with Gasteiger partial charge in [-0.3, -0.25) is 4.79 Å². The van der Waals surface area contributed by atoms with Gasteiger partial charge >= 0.3 is 0 Å². The molecule has 0 spiro atoms. The predicted molar refractivity (Wildman–Crippen MR) is 81.5 cm³/mol. The zero-order valence-corrected chi connectivity index (χ0v) is 12.9. The van der Waals surface area contributed by atoms with E-state index in [2.05, 4.69) is 10.4 Å². The lowest BCUT2D eigenvalue weighted by molar-refractivity contribution is 0.0724. The molecule has 0 unspecified atom stereocenters. The van der Waals surface area contributed by atoms with Gasteiger partial charge in [0.2, 0.25) is 0 Å². The van der Waals surface area contributed by atoms with Crippen molar-refractivity contribution in [2.45, 2.75) is 25.4 Å². The number of carbonyl (C=O) groups is 1. The molecule has 0 aromatic carbocycles. The van der Waals surface area contributed by atoms with Crippen molar-refractivity contribution in [2.75, 3.05) is 0 Å². The van der Waals surface area contributed by atoms with Crippen molar-refractivity contribution in [1.82, 2.24) is 9.88 Å². The highest BCUT2D eigenvalue weighted by molar-refractivity contribution is 7.07. The molecule has 0 bridgehead atoms. The van der Waals surface area contributed by atoms with Crippen LogP contribution in [0.1, 0.15) is 28.9 Å². The van der Waals surface area contributed by atoms with Crippen molar-refractivity contribution >= 4 is 40.4 Å². The van der Waals surface area contributed by atoms with E-state index < -0.39 is 0 Å². The van der Waals surface area contributed by atoms with E-state index in [0.29, 0.717) is 17.6 Å². The van der Waals surface area contributed by atoms with E-state index in [4.69, 9.17) is 23.2 Å². The minimum Gasteiger partial charge on any atom is -0.330 e. The van der Waals surface area contributed by atoms with Crippen LogP contribution < -0.4 is 0 Å². The van der Waals surface area contributed by atoms with Crippen LogP contribution in [0.2, 0.25) is 10.2 Å². The number of rotatable bonds is 4. The van der Waals surface area contributed by atoms with Crippen LogP contribution >= 0.6 is 34.5 Å². The highest BCUT2D eigenvalue weighted by Gasteiger charge is 2.34. The molecular weight excluding hydrogens is 315 g/mol. The number of thiophene rings is 1. The van der Waals surface area contributed by atoms with E-state index in [1.165, 1.54) is 0 Å². The first-order valence-corrected chi connectivity index (χ1v) is 7.99. The molecule has 1 amide bonds. The van der Waals surface area contributed by atoms with E-state index in [1.54, 1.807) is 23.5 Å². The van der Waals surface area contributed by atoms with Gasteiger partial charge in [-0.1, -0.05) is 23.2 Å². The topological polar surface area (TPSA) is 33.2 Å². The number of amides is 1. The van der Waals surface area contributed by atoms with Gasteiger partial charge in [0, 0.05) is 12.6 Å². The Hall–Kier alpha value is -1.10. The maximum absolute atomic E-state index is 12.6. The normalized spacial score (nSPS) is 14.3. The van der Waals surface area contributed by atoms with E-state index in [9.17, 15) is 4.79 Å². The summed E-state index contributed by atoms with van der Waals surface area (Å²) in [4.78, 5) is 18.6. The van der Waals surface area contributed by atoms with Crippen LogP contribution in [0.5, 0.6) is 0 Å². The Morgan fingerprint density at radius 2 is 2.15 bits per heavy atom. The lowest BCUT2D eigenvalue weighted by atomic mass is 10.2. The number of pyridine rings is 1. The molecule has 2 aromatic heterocycles. The Kier molecular flexibility index (Phi) is 3.96. The van der Waals surface area contributed by atoms with Crippen molar-refractivity contribution < 1.29 is 4.79 Å². The summed E-state index contributed by atoms with van der Waals surface area (Å²) in [6, 6.07) is 5.51. The molecule has 6 heteroatoms. The van der Waals surface area contributed by atoms with E-state index in [-0.39, 0.29) is 16.8 Å². The number of hydrogen-bond donors (Lipinski definition) is 0. The molecule has 3 rings (SSSR count). The van der Waals surface area contributed by atoms with Crippen LogP contribution in [-0.4, -0.2) is 21.8 Å². The van der Waals surface area contributed by atoms with Crippen molar-refractivity contribution in [3.8, 4) is 0 Å². The summed E-state index contributed by atoms with van der Waals surface area (Å²) < 4.78 is 0. The summed E-state index contributed by atoms with van der Waals surface area (Å²) in [6.45, 7) is 0.595. The monoisotopic (exact) mass is 326 g/mol. The number of nitrogens with zero attached hydrogens (tertiary/aromatic N) is 2. The molecule has 104 valence electrons. The second-order valence-corrected chi connectivity index (χ2v) is 6.33. The Morgan fingerprint density at radius 3 is 2.80 bits per heavy atom. The van der Waals surface area contributed by atoms with Crippen LogP contribution in [0.15, 0.2) is 29.0 Å². The molecule has 2 aromatic rings. The first-order chi connectivity index (χ1) is 9.65. The molecule has 1 fully saturated rings. The summed E-state index contributed by atoms with van der Waals surface area (Å²) in [5.74, 6) is -0.147. The fourth-order valence-electron chi connectivity index (χ4n) is 2.04. The fourth-order valence-corrected chi connectivity index (χ4v) is 3.03. The van der Waals surface area contributed by atoms with E-state index in [1.807, 2.05) is 16.3 Å². The maximum Gasteiger partial charge on any atom is 0.274 e. The number of aromatic nitrogens is 1. The Bertz CT molecular complexity index is 626. The average molecular weight is 327 g/mol. The van der Waals surface area contributed by atoms with Crippen LogP contribution in [0.3, 0.4) is 0 Å². The SMILES string of the molecule is O=C(c1nc(Cl)ccc1Cl)N(Cc1ccsc1)C1CC1. The summed E-state index contributed by atoms with van der Waals surface area (Å²) in [5, 5.41) is 4.69. The minimum atomic E-state index is -0.147. The Balaban J connectivity index is 1.87. The smallest absolute Gasteiger partial charge is 0.274 e. The zero-order valence-electron chi connectivity index (χ0n) is 10.6. The first-order valence-electron chi connectivity index (χ1n) is 6.29. The Morgan fingerprint density at radius 1 is 1.35 bits per heavy atom. The molecule has 0 aliphatic heterocycles. The van der Waals surface area contributed by atoms with E-state index >= 15 is 0 Å². The standard InChI is InChI=1S/C14H12Cl2N2OS/c15-11-3-4-12(16)17-13(11)14(19)18(10-1-2-10)7-9-5-6-20-8-9/h3-6,8,10H,1-2,7H2. The van der Waals surface area contributed by atoms with Crippen molar-refractivity contribution in [1.29, 1.82) is 0 Å². The van der Waals surface area contributed by atoms with Gasteiger partial charge < -0.3 is 4.90 Å². The third kappa shape index (κ3) is 2.97. The third-order valence-corrected chi connectivity index (χ3v) is 4.44. The summed E-state index contributed by atoms with van der Waals surface area (Å²) in [7, 11) is 0. The molecule has 3 nitrogen and oxygen atoms in total. The average Bonchev–Trinajstić information content (AvgIpc) is 3.15. The molecular formula is C14H12Cl2N2OS. The van der Waals surface area contributed by atoms with Gasteiger partial charge in [0.1, 0.15) is 10.8 Å². The molecule has 1 aliphatic carbocycles. The minimum absolute atomic E-state index is 0.147. The van der Waals surface area contributed by atoms with Gasteiger partial charge in [-0.05, 0) is 47.4 Å². The van der Waals surface area contributed by atoms with E-state index in [0.717, 1.165) is 18.4 Å². The summed E-state index contributed by atoms with van der Waals surface area (Å²) >= 11 is 13.6. The quantitative estimate of drug-likeness (QED) is 0.787. The lowest BCUT2D eigenvalue weighted by Crippen LogP contribution is -2.33. The van der Waals surface area contributed by atoms with Gasteiger partial charge in [-0.15, -0.1) is 0 Å². The van der Waals surface area contributed by atoms with Gasteiger partial charge in [-0.2, -0.15) is 11.3 Å². The molecule has 1 aliphatic rings. The van der Waals surface area contributed by atoms with Crippen LogP contribution in [0.25, 0.3) is 0 Å². The van der Waals surface area contributed by atoms with Gasteiger partial charge in [0.15, 0.2) is 0 Å². The highest BCUT2D eigenvalue weighted by atomic mass is 35.5. The second kappa shape index (κ2) is 5.72. The van der Waals surface area contributed by atoms with Gasteiger partial charge in [0.25, 0.3) is 5.91 Å². The molecule has 1 saturated carbocycles. The highest BCUT2D eigenvalue weighted by Crippen LogP contribution is 2.31. The molecule has 2 heterocycles. The largest absolute Gasteiger partial charge is 0.330 e. The molecule has 20 heavy (non-hydrogen) atoms. The number of hydrogen-bond acceptors (Lipinski definition) is 3. The predicted octanol–water partition coefficient (Wildman–Crippen LogP) is 4.25. The molecule has 0 atom stereocenters. The van der Waals surface area contributed by atoms with Gasteiger partial charge in [-0.25, -0.2) is 4.98 Å². The van der Waals surface area contributed by atoms with Gasteiger partial charge in [0.05, 0.1) is 5.02 Å². The van der Waals surface area contributed by atoms with Crippen molar-refractivity contribution in [3.05, 3.63) is 50.4 Å². The molecule has 0 saturated heterocycles. The number of carbonyl (C=O) groups excluding carboxylic acids is 1. The summed E-state index contributed by atoms with van der Waals surface area (Å²) in [6.07, 6.45) is 2.07. The van der Waals surface area contributed by atoms with Crippen LogP contribution in [0, 0.1) is 0 Å². The maximum atomic E-state index is 12.6. The summed E-state index contributed by atoms with van der Waals surface area (Å²) in [5.41, 5.74) is 1.37. The van der Waals surface area contributed by atoms with Crippen molar-refractivity contribution in [3.63, 3.8) is 0 Å². The van der Waals surface area contributed by atoms with Crippen LogP contribution in [-0.2, 0) is 6.54 Å². The Labute approximate surface area is 131 Å². The van der Waals surface area contributed by atoms with Crippen LogP contribution in [0.4, 0.5) is 0 Å². The second-order valence-electron chi connectivity index (χ2n) is 4.76. The number of halogens is 2. The zero-order chi connectivity index (χ0) is 14.1. The third-order valence-electron chi connectivity index (χ3n) is 3.20. The van der Waals surface area contributed by atoms with Crippen molar-refractivity contribution in [2.24, 2.45) is 0 Å². The fraction of sp³-hybridized carbons (Fsp3) is 0.286. The molecule has 0 N–H and O–H groups in total. The molecule has 0 radical (unpaired) electrons. The first kappa shape index (κ1) is 13.9.